The molecule has 2 aliphatic carbocycles. The molecule has 1 aromatic carbocycles. The van der Waals surface area contributed by atoms with Gasteiger partial charge in [-0.3, -0.25) is 14.4 Å². The first-order valence-electron chi connectivity index (χ1n) is 7.63. The molecular weight excluding hydrogens is 428 g/mol. The standard InChI is InChI=1S/C16H9Cl4NO5/c17-9-7-8(10(18)12(20)11(9)19)14(24)21(13(7)23)26-15(25)5-1-16(2-5)3-6(22)4-16/h5H,1-4H2. The predicted octanol–water partition coefficient (Wildman–Crippen LogP) is 4.11. The third-order valence-electron chi connectivity index (χ3n) is 5.08. The summed E-state index contributed by atoms with van der Waals surface area (Å²) in [5.41, 5.74) is -0.617. The number of nitrogens with zero attached hydrogens (tertiary/aromatic N) is 1. The third-order valence-corrected chi connectivity index (χ3v) is 6.88. The molecule has 2 amide bonds. The van der Waals surface area contributed by atoms with Gasteiger partial charge in [0.1, 0.15) is 5.78 Å². The fraction of sp³-hybridized carbons (Fsp3) is 0.375. The molecule has 3 aliphatic rings. The van der Waals surface area contributed by atoms with Crippen molar-refractivity contribution in [2.75, 3.05) is 0 Å². The minimum atomic E-state index is -0.934. The Hall–Kier alpha value is -1.34. The maximum atomic E-state index is 12.5. The predicted molar refractivity (Wildman–Crippen MR) is 92.5 cm³/mol. The molecule has 0 bridgehead atoms. The van der Waals surface area contributed by atoms with Gasteiger partial charge in [-0.2, -0.15) is 0 Å². The largest absolute Gasteiger partial charge is 0.336 e. The molecule has 6 nitrogen and oxygen atoms in total. The highest BCUT2D eigenvalue weighted by molar-refractivity contribution is 6.55. The molecular formula is C16H9Cl4NO5. The minimum absolute atomic E-state index is 0.115. The molecule has 26 heavy (non-hydrogen) atoms. The minimum Gasteiger partial charge on any atom is -0.329 e. The van der Waals surface area contributed by atoms with Crippen molar-refractivity contribution in [2.24, 2.45) is 11.3 Å². The van der Waals surface area contributed by atoms with E-state index in [4.69, 9.17) is 51.2 Å². The molecule has 0 saturated heterocycles. The normalized spacial score (nSPS) is 20.9. The van der Waals surface area contributed by atoms with E-state index >= 15 is 0 Å². The number of hydrogen-bond donors (Lipinski definition) is 0. The monoisotopic (exact) mass is 435 g/mol. The van der Waals surface area contributed by atoms with Gasteiger partial charge in [-0.25, -0.2) is 4.79 Å². The van der Waals surface area contributed by atoms with Crippen LogP contribution in [0.1, 0.15) is 46.4 Å². The summed E-state index contributed by atoms with van der Waals surface area (Å²) < 4.78 is 0. The molecule has 0 unspecified atom stereocenters. The van der Waals surface area contributed by atoms with Crippen LogP contribution < -0.4 is 0 Å². The second-order valence-corrected chi connectivity index (χ2v) is 8.33. The Bertz CT molecular complexity index is 865. The van der Waals surface area contributed by atoms with E-state index in [2.05, 4.69) is 0 Å². The summed E-state index contributed by atoms with van der Waals surface area (Å²) in [6.07, 6.45) is 1.93. The van der Waals surface area contributed by atoms with E-state index in [1.165, 1.54) is 0 Å². The Morgan fingerprint density at radius 2 is 1.35 bits per heavy atom. The third kappa shape index (κ3) is 2.39. The van der Waals surface area contributed by atoms with Crippen LogP contribution in [0, 0.1) is 11.3 Å². The van der Waals surface area contributed by atoms with Gasteiger partial charge in [-0.1, -0.05) is 51.5 Å². The lowest BCUT2D eigenvalue weighted by atomic mass is 9.51. The molecule has 0 radical (unpaired) electrons. The molecule has 1 aromatic rings. The van der Waals surface area contributed by atoms with Crippen molar-refractivity contribution in [1.82, 2.24) is 5.06 Å². The second kappa shape index (κ2) is 5.83. The number of fused-ring (bicyclic) bond motifs is 1. The molecule has 0 N–H and O–H groups in total. The number of Topliss-reactive ketones (excluding diaryl/α,β-unsaturated/α-hetero) is 1. The van der Waals surface area contributed by atoms with E-state index < -0.39 is 23.7 Å². The summed E-state index contributed by atoms with van der Waals surface area (Å²) >= 11 is 23.8. The van der Waals surface area contributed by atoms with Crippen LogP contribution >= 0.6 is 46.4 Å². The van der Waals surface area contributed by atoms with Gasteiger partial charge in [0.05, 0.1) is 37.1 Å². The first kappa shape index (κ1) is 18.0. The maximum absolute atomic E-state index is 12.5. The van der Waals surface area contributed by atoms with Gasteiger partial charge in [-0.05, 0) is 18.3 Å². The summed E-state index contributed by atoms with van der Waals surface area (Å²) in [5, 5.41) is -0.468. The first-order chi connectivity index (χ1) is 12.1. The average Bonchev–Trinajstić information content (AvgIpc) is 2.77. The lowest BCUT2D eigenvalue weighted by molar-refractivity contribution is -0.186. The summed E-state index contributed by atoms with van der Waals surface area (Å²) in [6.45, 7) is 0. The number of carbonyl (C=O) groups is 4. The van der Waals surface area contributed by atoms with Gasteiger partial charge in [0.15, 0.2) is 0 Å². The van der Waals surface area contributed by atoms with Gasteiger partial charge < -0.3 is 4.84 Å². The summed E-state index contributed by atoms with van der Waals surface area (Å²) in [7, 11) is 0. The van der Waals surface area contributed by atoms with Crippen LogP contribution in [0.3, 0.4) is 0 Å². The molecule has 10 heteroatoms. The molecule has 1 aliphatic heterocycles. The van der Waals surface area contributed by atoms with Gasteiger partial charge >= 0.3 is 5.97 Å². The number of halogens is 4. The fourth-order valence-electron chi connectivity index (χ4n) is 3.80. The van der Waals surface area contributed by atoms with Crippen LogP contribution in [0.25, 0.3) is 0 Å². The van der Waals surface area contributed by atoms with E-state index in [1.807, 2.05) is 0 Å². The van der Waals surface area contributed by atoms with E-state index in [9.17, 15) is 19.2 Å². The van der Waals surface area contributed by atoms with Gasteiger partial charge in [0, 0.05) is 12.8 Å². The summed E-state index contributed by atoms with van der Waals surface area (Å²) in [6, 6.07) is 0. The van der Waals surface area contributed by atoms with Crippen LogP contribution in [-0.2, 0) is 14.4 Å². The van der Waals surface area contributed by atoms with Crippen molar-refractivity contribution in [3.8, 4) is 0 Å². The fourth-order valence-corrected chi connectivity index (χ4v) is 4.82. The average molecular weight is 437 g/mol. The van der Waals surface area contributed by atoms with Crippen molar-refractivity contribution in [3.63, 3.8) is 0 Å². The van der Waals surface area contributed by atoms with Crippen molar-refractivity contribution < 1.29 is 24.0 Å². The van der Waals surface area contributed by atoms with Crippen molar-refractivity contribution in [2.45, 2.75) is 25.7 Å². The zero-order valence-electron chi connectivity index (χ0n) is 12.9. The van der Waals surface area contributed by atoms with E-state index in [0.29, 0.717) is 30.7 Å². The Morgan fingerprint density at radius 3 is 1.77 bits per heavy atom. The number of hydroxylamine groups is 2. The topological polar surface area (TPSA) is 80.8 Å². The summed E-state index contributed by atoms with van der Waals surface area (Å²) in [5.74, 6) is -2.87. The zero-order valence-corrected chi connectivity index (χ0v) is 15.9. The Labute approximate surface area is 167 Å². The molecule has 4 rings (SSSR count). The number of imide groups is 1. The quantitative estimate of drug-likeness (QED) is 0.395. The summed E-state index contributed by atoms with van der Waals surface area (Å²) in [4.78, 5) is 53.4. The van der Waals surface area contributed by atoms with Gasteiger partial charge in [-0.15, -0.1) is 0 Å². The molecule has 1 spiro atoms. The molecule has 2 saturated carbocycles. The smallest absolute Gasteiger partial charge is 0.329 e. The van der Waals surface area contributed by atoms with Crippen LogP contribution in [0.2, 0.25) is 20.1 Å². The van der Waals surface area contributed by atoms with Crippen molar-refractivity contribution in [1.29, 1.82) is 0 Å². The van der Waals surface area contributed by atoms with Gasteiger partial charge in [0.2, 0.25) is 0 Å². The number of hydrogen-bond acceptors (Lipinski definition) is 5. The number of rotatable bonds is 2. The van der Waals surface area contributed by atoms with Crippen LogP contribution in [0.5, 0.6) is 0 Å². The van der Waals surface area contributed by atoms with E-state index in [-0.39, 0.29) is 42.4 Å². The first-order valence-corrected chi connectivity index (χ1v) is 9.14. The Kier molecular flexibility index (Phi) is 4.04. The van der Waals surface area contributed by atoms with E-state index in [0.717, 1.165) is 0 Å². The Balaban J connectivity index is 1.54. The second-order valence-electron chi connectivity index (χ2n) is 6.82. The van der Waals surface area contributed by atoms with Crippen molar-refractivity contribution in [3.05, 3.63) is 31.2 Å². The number of benzene rings is 1. The molecule has 136 valence electrons. The molecule has 0 aromatic heterocycles. The maximum Gasteiger partial charge on any atom is 0.336 e. The molecule has 0 atom stereocenters. The zero-order chi connectivity index (χ0) is 19.0. The van der Waals surface area contributed by atoms with Crippen molar-refractivity contribution >= 4 is 70.0 Å². The Morgan fingerprint density at radius 1 is 0.885 bits per heavy atom. The van der Waals surface area contributed by atoms with Crippen LogP contribution in [0.15, 0.2) is 0 Å². The number of amides is 2. The molecule has 2 fully saturated rings. The lowest BCUT2D eigenvalue weighted by Crippen LogP contribution is -2.51. The van der Waals surface area contributed by atoms with E-state index in [1.54, 1.807) is 0 Å². The number of carbonyl (C=O) groups excluding carboxylic acids is 4. The highest BCUT2D eigenvalue weighted by Gasteiger charge is 2.56. The van der Waals surface area contributed by atoms with Crippen LogP contribution in [0.4, 0.5) is 0 Å². The highest BCUT2D eigenvalue weighted by Crippen LogP contribution is 2.57. The lowest BCUT2D eigenvalue weighted by Gasteiger charge is -2.51. The van der Waals surface area contributed by atoms with Crippen LogP contribution in [-0.4, -0.2) is 28.6 Å². The highest BCUT2D eigenvalue weighted by atomic mass is 35.5. The number of ketones is 1. The molecule has 1 heterocycles. The van der Waals surface area contributed by atoms with Gasteiger partial charge in [0.25, 0.3) is 11.8 Å². The SMILES string of the molecule is O=C1CC2(C1)CC(C(=O)ON1C(=O)c3c(Cl)c(Cl)c(Cl)c(Cl)c3C1=O)C2.